The number of aromatic nitrogens is 2. The normalized spacial score (nSPS) is 10.8. The van der Waals surface area contributed by atoms with Crippen molar-refractivity contribution in [3.63, 3.8) is 0 Å². The molecule has 0 atom stereocenters. The van der Waals surface area contributed by atoms with Gasteiger partial charge in [0.15, 0.2) is 0 Å². The highest BCUT2D eigenvalue weighted by Gasteiger charge is 2.18. The molecule has 7 heteroatoms. The van der Waals surface area contributed by atoms with Crippen molar-refractivity contribution in [3.8, 4) is 0 Å². The highest BCUT2D eigenvalue weighted by atomic mass is 16.6. The molecule has 0 bridgehead atoms. The molecule has 1 heterocycles. The van der Waals surface area contributed by atoms with Crippen LogP contribution < -0.4 is 10.6 Å². The van der Waals surface area contributed by atoms with Crippen molar-refractivity contribution in [3.05, 3.63) is 101 Å². The van der Waals surface area contributed by atoms with Gasteiger partial charge in [-0.1, -0.05) is 60.7 Å². The van der Waals surface area contributed by atoms with Crippen LogP contribution in [0.25, 0.3) is 21.5 Å². The van der Waals surface area contributed by atoms with Crippen molar-refractivity contribution < 1.29 is 4.92 Å². The number of nitro groups is 1. The summed E-state index contributed by atoms with van der Waals surface area (Å²) in [5.74, 6) is 0.391. The molecular weight excluding hydrogens is 390 g/mol. The highest BCUT2D eigenvalue weighted by Crippen LogP contribution is 2.29. The molecule has 0 aliphatic carbocycles. The van der Waals surface area contributed by atoms with E-state index in [9.17, 15) is 10.1 Å². The van der Waals surface area contributed by atoms with Crippen molar-refractivity contribution >= 4 is 50.4 Å². The molecule has 150 valence electrons. The number of rotatable bonds is 5. The summed E-state index contributed by atoms with van der Waals surface area (Å²) in [6, 6.07) is 27.6. The van der Waals surface area contributed by atoms with Crippen LogP contribution in [0.1, 0.15) is 0 Å². The first-order valence-electron chi connectivity index (χ1n) is 9.69. The fraction of sp³-hybridized carbons (Fsp3) is 0. The molecule has 0 spiro atoms. The largest absolute Gasteiger partial charge is 0.334 e. The summed E-state index contributed by atoms with van der Waals surface area (Å²) in [6.45, 7) is 0. The number of benzene rings is 4. The Hall–Kier alpha value is -4.52. The van der Waals surface area contributed by atoms with E-state index in [1.807, 2.05) is 84.9 Å². The predicted molar refractivity (Wildman–Crippen MR) is 123 cm³/mol. The summed E-state index contributed by atoms with van der Waals surface area (Å²) < 4.78 is 0. The van der Waals surface area contributed by atoms with E-state index in [0.29, 0.717) is 5.69 Å². The minimum Gasteiger partial charge on any atom is -0.334 e. The van der Waals surface area contributed by atoms with Gasteiger partial charge < -0.3 is 10.6 Å². The van der Waals surface area contributed by atoms with Crippen molar-refractivity contribution in [1.29, 1.82) is 0 Å². The van der Waals surface area contributed by atoms with Crippen LogP contribution in [0.5, 0.6) is 0 Å². The first kappa shape index (κ1) is 18.5. The second kappa shape index (κ2) is 7.72. The molecule has 0 fully saturated rings. The molecule has 2 N–H and O–H groups in total. The topological polar surface area (TPSA) is 93.0 Å². The molecule has 0 amide bonds. The first-order valence-corrected chi connectivity index (χ1v) is 9.69. The van der Waals surface area contributed by atoms with Crippen LogP contribution in [0.2, 0.25) is 0 Å². The van der Waals surface area contributed by atoms with Gasteiger partial charge >= 0.3 is 5.69 Å². The fourth-order valence-corrected chi connectivity index (χ4v) is 3.46. The molecule has 0 aliphatic heterocycles. The molecule has 0 unspecified atom stereocenters. The zero-order valence-corrected chi connectivity index (χ0v) is 16.3. The highest BCUT2D eigenvalue weighted by molar-refractivity contribution is 5.87. The summed E-state index contributed by atoms with van der Waals surface area (Å²) in [5, 5.41) is 22.0. The SMILES string of the molecule is O=[N+]([O-])c1cnc(Nc2ccc3ccccc3c2)nc1Nc1ccc2ccccc2c1. The van der Waals surface area contributed by atoms with Gasteiger partial charge in [0.1, 0.15) is 6.20 Å². The van der Waals surface area contributed by atoms with Gasteiger partial charge in [-0.15, -0.1) is 0 Å². The molecule has 0 saturated heterocycles. The molecule has 0 saturated carbocycles. The number of fused-ring (bicyclic) bond motifs is 2. The molecule has 0 aliphatic rings. The van der Waals surface area contributed by atoms with Crippen molar-refractivity contribution in [2.75, 3.05) is 10.6 Å². The maximum Gasteiger partial charge on any atom is 0.329 e. The third-order valence-corrected chi connectivity index (χ3v) is 4.98. The van der Waals surface area contributed by atoms with E-state index in [1.165, 1.54) is 6.20 Å². The monoisotopic (exact) mass is 407 g/mol. The lowest BCUT2D eigenvalue weighted by Gasteiger charge is -2.10. The Morgan fingerprint density at radius 1 is 0.710 bits per heavy atom. The summed E-state index contributed by atoms with van der Waals surface area (Å²) in [5.41, 5.74) is 1.30. The predicted octanol–water partition coefficient (Wildman–Crippen LogP) is 6.18. The third-order valence-electron chi connectivity index (χ3n) is 4.98. The van der Waals surface area contributed by atoms with Crippen molar-refractivity contribution in [1.82, 2.24) is 9.97 Å². The average Bonchev–Trinajstić information content (AvgIpc) is 2.79. The van der Waals surface area contributed by atoms with Crippen LogP contribution >= 0.6 is 0 Å². The third kappa shape index (κ3) is 3.84. The Labute approximate surface area is 177 Å². The molecule has 0 radical (unpaired) electrons. The van der Waals surface area contributed by atoms with Crippen LogP contribution in [0.3, 0.4) is 0 Å². The number of hydrogen-bond acceptors (Lipinski definition) is 6. The minimum absolute atomic E-state index is 0.124. The maximum absolute atomic E-state index is 11.5. The van der Waals surface area contributed by atoms with E-state index in [2.05, 4.69) is 20.6 Å². The van der Waals surface area contributed by atoms with Gasteiger partial charge in [-0.2, -0.15) is 4.98 Å². The maximum atomic E-state index is 11.5. The Morgan fingerprint density at radius 3 is 1.84 bits per heavy atom. The average molecular weight is 407 g/mol. The zero-order valence-electron chi connectivity index (χ0n) is 16.3. The Morgan fingerprint density at radius 2 is 1.26 bits per heavy atom. The Balaban J connectivity index is 1.48. The number of nitrogens with one attached hydrogen (secondary N) is 2. The standard InChI is InChI=1S/C24H17N5O2/c30-29(31)22-15-25-24(27-21-12-10-17-6-2-4-8-19(17)14-21)28-23(22)26-20-11-9-16-5-1-3-7-18(16)13-20/h1-15H,(H2,25,26,27,28). The van der Waals surface area contributed by atoms with Crippen molar-refractivity contribution in [2.45, 2.75) is 0 Å². The lowest BCUT2D eigenvalue weighted by Crippen LogP contribution is -2.04. The molecule has 5 rings (SSSR count). The second-order valence-corrected chi connectivity index (χ2v) is 7.06. The fourth-order valence-electron chi connectivity index (χ4n) is 3.46. The summed E-state index contributed by atoms with van der Waals surface area (Å²) in [6.07, 6.45) is 1.21. The van der Waals surface area contributed by atoms with Gasteiger partial charge in [0.25, 0.3) is 0 Å². The van der Waals surface area contributed by atoms with Gasteiger partial charge in [0.2, 0.25) is 11.8 Å². The van der Waals surface area contributed by atoms with Gasteiger partial charge in [-0.05, 0) is 45.8 Å². The van der Waals surface area contributed by atoms with E-state index < -0.39 is 4.92 Å². The number of anilines is 4. The molecule has 31 heavy (non-hydrogen) atoms. The van der Waals surface area contributed by atoms with Crippen molar-refractivity contribution in [2.24, 2.45) is 0 Å². The van der Waals surface area contributed by atoms with E-state index in [0.717, 1.165) is 27.2 Å². The van der Waals surface area contributed by atoms with Crippen LogP contribution in [0, 0.1) is 10.1 Å². The molecule has 7 nitrogen and oxygen atoms in total. The van der Waals surface area contributed by atoms with Gasteiger partial charge in [-0.25, -0.2) is 4.98 Å². The van der Waals surface area contributed by atoms with Crippen LogP contribution in [0.15, 0.2) is 91.1 Å². The summed E-state index contributed by atoms with van der Waals surface area (Å²) in [7, 11) is 0. The smallest absolute Gasteiger partial charge is 0.329 e. The number of hydrogen-bond donors (Lipinski definition) is 2. The zero-order chi connectivity index (χ0) is 21.2. The van der Waals surface area contributed by atoms with Crippen LogP contribution in [-0.4, -0.2) is 14.9 Å². The summed E-state index contributed by atoms with van der Waals surface area (Å²) >= 11 is 0. The summed E-state index contributed by atoms with van der Waals surface area (Å²) in [4.78, 5) is 19.5. The molecule has 1 aromatic heterocycles. The van der Waals surface area contributed by atoms with Crippen LogP contribution in [-0.2, 0) is 0 Å². The van der Waals surface area contributed by atoms with Gasteiger partial charge in [-0.3, -0.25) is 10.1 Å². The minimum atomic E-state index is -0.497. The first-order chi connectivity index (χ1) is 15.2. The van der Waals surface area contributed by atoms with Gasteiger partial charge in [0.05, 0.1) is 4.92 Å². The second-order valence-electron chi connectivity index (χ2n) is 7.06. The molecular formula is C24H17N5O2. The van der Waals surface area contributed by atoms with Crippen LogP contribution in [0.4, 0.5) is 28.8 Å². The quantitative estimate of drug-likeness (QED) is 0.267. The Bertz CT molecular complexity index is 1430. The molecule has 5 aromatic rings. The van der Waals surface area contributed by atoms with E-state index in [1.54, 1.807) is 0 Å². The lowest BCUT2D eigenvalue weighted by atomic mass is 10.1. The molecule has 4 aromatic carbocycles. The number of nitrogens with zero attached hydrogens (tertiary/aromatic N) is 3. The lowest BCUT2D eigenvalue weighted by molar-refractivity contribution is -0.384. The van der Waals surface area contributed by atoms with E-state index in [4.69, 9.17) is 0 Å². The van der Waals surface area contributed by atoms with E-state index >= 15 is 0 Å². The van der Waals surface area contributed by atoms with E-state index in [-0.39, 0.29) is 17.5 Å². The van der Waals surface area contributed by atoms with Gasteiger partial charge in [0, 0.05) is 11.4 Å². The Kier molecular flexibility index (Phi) is 4.61.